The lowest BCUT2D eigenvalue weighted by Crippen LogP contribution is -1.91. The zero-order valence-corrected chi connectivity index (χ0v) is 13.1. The maximum atomic E-state index is 4.05. The summed E-state index contributed by atoms with van der Waals surface area (Å²) in [5, 5.41) is 5.80. The maximum Gasteiger partial charge on any atom is 0.0593 e. The average molecular weight is 378 g/mol. The van der Waals surface area contributed by atoms with E-state index in [0.29, 0.717) is 0 Å². The molecule has 1 N–H and O–H groups in total. The van der Waals surface area contributed by atoms with Gasteiger partial charge in [0.05, 0.1) is 10.2 Å². The molecule has 0 amide bonds. The Balaban J connectivity index is 1.98. The topological polar surface area (TPSA) is 24.9 Å². The van der Waals surface area contributed by atoms with Crippen molar-refractivity contribution >= 4 is 54.0 Å². The summed E-state index contributed by atoms with van der Waals surface area (Å²) in [6, 6.07) is 14.5. The molecule has 0 spiro atoms. The van der Waals surface area contributed by atoms with Crippen molar-refractivity contribution in [2.45, 2.75) is 0 Å². The molecule has 0 bridgehead atoms. The Morgan fingerprint density at radius 3 is 2.53 bits per heavy atom. The number of aromatic nitrogens is 1. The second-order valence-electron chi connectivity index (χ2n) is 4.19. The number of hydrogen-bond acceptors (Lipinski definition) is 2. The Morgan fingerprint density at radius 2 is 1.68 bits per heavy atom. The van der Waals surface area contributed by atoms with Crippen molar-refractivity contribution < 1.29 is 0 Å². The third-order valence-corrected chi connectivity index (χ3v) is 3.98. The summed E-state index contributed by atoms with van der Waals surface area (Å²) in [5.74, 6) is 0. The first kappa shape index (κ1) is 12.6. The van der Waals surface area contributed by atoms with Crippen LogP contribution in [0.3, 0.4) is 0 Å². The molecule has 0 aliphatic rings. The van der Waals surface area contributed by atoms with E-state index in [-0.39, 0.29) is 0 Å². The van der Waals surface area contributed by atoms with Gasteiger partial charge in [0.1, 0.15) is 0 Å². The van der Waals surface area contributed by atoms with Crippen LogP contribution in [0.5, 0.6) is 0 Å². The molecular formula is C15H10Br2N2. The Bertz CT molecular complexity index is 741. The van der Waals surface area contributed by atoms with Crippen molar-refractivity contribution in [2.75, 3.05) is 5.32 Å². The highest BCUT2D eigenvalue weighted by molar-refractivity contribution is 9.10. The summed E-state index contributed by atoms with van der Waals surface area (Å²) in [5.41, 5.74) is 2.06. The number of nitrogens with zero attached hydrogens (tertiary/aromatic N) is 1. The van der Waals surface area contributed by atoms with Crippen molar-refractivity contribution in [1.82, 2.24) is 4.98 Å². The molecule has 3 aromatic rings. The van der Waals surface area contributed by atoms with E-state index in [4.69, 9.17) is 0 Å². The van der Waals surface area contributed by atoms with Crippen LogP contribution in [0.25, 0.3) is 10.8 Å². The first-order valence-corrected chi connectivity index (χ1v) is 7.37. The zero-order valence-electron chi connectivity index (χ0n) is 9.90. The van der Waals surface area contributed by atoms with Crippen LogP contribution >= 0.6 is 31.9 Å². The largest absolute Gasteiger partial charge is 0.354 e. The molecule has 1 aromatic heterocycles. The summed E-state index contributed by atoms with van der Waals surface area (Å²) in [4.78, 5) is 4.05. The van der Waals surface area contributed by atoms with E-state index >= 15 is 0 Å². The molecule has 2 nitrogen and oxygen atoms in total. The van der Waals surface area contributed by atoms with E-state index in [1.54, 1.807) is 12.4 Å². The van der Waals surface area contributed by atoms with Gasteiger partial charge >= 0.3 is 0 Å². The van der Waals surface area contributed by atoms with Gasteiger partial charge < -0.3 is 5.32 Å². The van der Waals surface area contributed by atoms with E-state index < -0.39 is 0 Å². The second kappa shape index (κ2) is 5.31. The molecule has 94 valence electrons. The van der Waals surface area contributed by atoms with Gasteiger partial charge in [-0.15, -0.1) is 0 Å². The molecule has 0 aliphatic heterocycles. The number of benzene rings is 2. The van der Waals surface area contributed by atoms with E-state index in [2.05, 4.69) is 78.6 Å². The summed E-state index contributed by atoms with van der Waals surface area (Å²) < 4.78 is 2.04. The molecular weight excluding hydrogens is 368 g/mol. The van der Waals surface area contributed by atoms with Crippen molar-refractivity contribution in [3.05, 3.63) is 63.8 Å². The number of hydrogen-bond donors (Lipinski definition) is 1. The molecule has 0 saturated heterocycles. The highest BCUT2D eigenvalue weighted by Crippen LogP contribution is 2.27. The van der Waals surface area contributed by atoms with Gasteiger partial charge in [-0.3, -0.25) is 4.98 Å². The van der Waals surface area contributed by atoms with Gasteiger partial charge in [-0.2, -0.15) is 0 Å². The number of halogens is 2. The van der Waals surface area contributed by atoms with Crippen LogP contribution in [-0.4, -0.2) is 4.98 Å². The quantitative estimate of drug-likeness (QED) is 0.637. The third-order valence-electron chi connectivity index (χ3n) is 2.85. The smallest absolute Gasteiger partial charge is 0.0593 e. The molecule has 19 heavy (non-hydrogen) atoms. The monoisotopic (exact) mass is 376 g/mol. The van der Waals surface area contributed by atoms with Crippen LogP contribution in [0.1, 0.15) is 0 Å². The van der Waals surface area contributed by atoms with Crippen LogP contribution < -0.4 is 5.32 Å². The standard InChI is InChI=1S/C15H10Br2N2/c16-12-3-1-11-8-13(4-2-10(11)7-12)19-15-5-6-18-9-14(15)17/h1-9H,(H,18,19). The van der Waals surface area contributed by atoms with Crippen molar-refractivity contribution in [1.29, 1.82) is 0 Å². The van der Waals surface area contributed by atoms with Gasteiger partial charge in [-0.1, -0.05) is 28.1 Å². The predicted octanol–water partition coefficient (Wildman–Crippen LogP) is 5.50. The second-order valence-corrected chi connectivity index (χ2v) is 5.96. The lowest BCUT2D eigenvalue weighted by Gasteiger charge is -2.09. The molecule has 0 unspecified atom stereocenters. The molecule has 4 heteroatoms. The number of rotatable bonds is 2. The highest BCUT2D eigenvalue weighted by atomic mass is 79.9. The number of pyridine rings is 1. The molecule has 0 aliphatic carbocycles. The molecule has 0 saturated carbocycles. The molecule has 2 aromatic carbocycles. The van der Waals surface area contributed by atoms with Crippen LogP contribution in [0, 0.1) is 0 Å². The zero-order chi connectivity index (χ0) is 13.2. The number of nitrogens with one attached hydrogen (secondary N) is 1. The lowest BCUT2D eigenvalue weighted by molar-refractivity contribution is 1.30. The fraction of sp³-hybridized carbons (Fsp3) is 0. The Morgan fingerprint density at radius 1 is 0.895 bits per heavy atom. The fourth-order valence-electron chi connectivity index (χ4n) is 1.93. The van der Waals surface area contributed by atoms with Crippen molar-refractivity contribution in [2.24, 2.45) is 0 Å². The Hall–Kier alpha value is -1.39. The molecule has 0 atom stereocenters. The van der Waals surface area contributed by atoms with E-state index in [1.807, 2.05) is 6.07 Å². The van der Waals surface area contributed by atoms with Crippen LogP contribution in [0.15, 0.2) is 63.8 Å². The molecule has 1 heterocycles. The normalized spacial score (nSPS) is 10.6. The fourth-order valence-corrected chi connectivity index (χ4v) is 2.65. The minimum absolute atomic E-state index is 0.950. The first-order valence-electron chi connectivity index (χ1n) is 5.78. The van der Waals surface area contributed by atoms with Crippen LogP contribution in [-0.2, 0) is 0 Å². The van der Waals surface area contributed by atoms with E-state index in [9.17, 15) is 0 Å². The number of anilines is 2. The first-order chi connectivity index (χ1) is 9.22. The molecule has 0 fully saturated rings. The van der Waals surface area contributed by atoms with Gasteiger partial charge in [0.15, 0.2) is 0 Å². The van der Waals surface area contributed by atoms with Crippen LogP contribution in [0.2, 0.25) is 0 Å². The van der Waals surface area contributed by atoms with Crippen LogP contribution in [0.4, 0.5) is 11.4 Å². The molecule has 0 radical (unpaired) electrons. The summed E-state index contributed by atoms with van der Waals surface area (Å²) in [6.07, 6.45) is 3.55. The van der Waals surface area contributed by atoms with Gasteiger partial charge in [-0.05, 0) is 57.0 Å². The number of fused-ring (bicyclic) bond motifs is 1. The van der Waals surface area contributed by atoms with Crippen molar-refractivity contribution in [3.8, 4) is 0 Å². The summed E-state index contributed by atoms with van der Waals surface area (Å²) >= 11 is 6.97. The third kappa shape index (κ3) is 2.80. The van der Waals surface area contributed by atoms with Gasteiger partial charge in [0.25, 0.3) is 0 Å². The lowest BCUT2D eigenvalue weighted by atomic mass is 10.1. The van der Waals surface area contributed by atoms with Gasteiger partial charge in [-0.25, -0.2) is 0 Å². The predicted molar refractivity (Wildman–Crippen MR) is 86.9 cm³/mol. The Kier molecular flexibility index (Phi) is 3.53. The minimum atomic E-state index is 0.950. The van der Waals surface area contributed by atoms with Gasteiger partial charge in [0, 0.05) is 22.6 Å². The van der Waals surface area contributed by atoms with Crippen molar-refractivity contribution in [3.63, 3.8) is 0 Å². The SMILES string of the molecule is Brc1ccc2cc(Nc3ccncc3Br)ccc2c1. The van der Waals surface area contributed by atoms with E-state index in [1.165, 1.54) is 10.8 Å². The average Bonchev–Trinajstić information content (AvgIpc) is 2.41. The summed E-state index contributed by atoms with van der Waals surface area (Å²) in [6.45, 7) is 0. The van der Waals surface area contributed by atoms with E-state index in [0.717, 1.165) is 20.3 Å². The molecule has 3 rings (SSSR count). The highest BCUT2D eigenvalue weighted by Gasteiger charge is 2.01. The van der Waals surface area contributed by atoms with Gasteiger partial charge in [0.2, 0.25) is 0 Å². The summed E-state index contributed by atoms with van der Waals surface area (Å²) in [7, 11) is 0. The minimum Gasteiger partial charge on any atom is -0.354 e. The maximum absolute atomic E-state index is 4.05. The Labute approximate surface area is 128 Å².